The smallest absolute Gasteiger partial charge is 0.135 e. The summed E-state index contributed by atoms with van der Waals surface area (Å²) in [4.78, 5) is 8.67. The summed E-state index contributed by atoms with van der Waals surface area (Å²) >= 11 is 6.02. The molecular formula is C15H18ClN3O. The largest absolute Gasteiger partial charge is 0.496 e. The van der Waals surface area contributed by atoms with Crippen molar-refractivity contribution in [1.82, 2.24) is 9.97 Å². The molecule has 0 saturated heterocycles. The van der Waals surface area contributed by atoms with Crippen molar-refractivity contribution in [2.45, 2.75) is 26.3 Å². The first-order valence-electron chi connectivity index (χ1n) is 6.50. The normalized spacial score (nSPS) is 10.7. The van der Waals surface area contributed by atoms with Gasteiger partial charge in [-0.15, -0.1) is 0 Å². The number of rotatable bonds is 5. The topological polar surface area (TPSA) is 47.0 Å². The summed E-state index contributed by atoms with van der Waals surface area (Å²) in [5.41, 5.74) is 1.07. The van der Waals surface area contributed by atoms with Crippen molar-refractivity contribution in [2.24, 2.45) is 0 Å². The first-order valence-corrected chi connectivity index (χ1v) is 6.88. The Balaban J connectivity index is 2.14. The first kappa shape index (κ1) is 14.6. The van der Waals surface area contributed by atoms with Crippen LogP contribution in [0.5, 0.6) is 5.75 Å². The Bertz CT molecular complexity index is 587. The van der Waals surface area contributed by atoms with Crippen molar-refractivity contribution in [3.05, 3.63) is 46.9 Å². The van der Waals surface area contributed by atoms with Crippen LogP contribution in [0.1, 0.15) is 31.2 Å². The number of nitrogens with one attached hydrogen (secondary N) is 1. The van der Waals surface area contributed by atoms with E-state index in [0.717, 1.165) is 23.0 Å². The zero-order chi connectivity index (χ0) is 14.5. The molecule has 20 heavy (non-hydrogen) atoms. The second kappa shape index (κ2) is 6.57. The van der Waals surface area contributed by atoms with Crippen molar-refractivity contribution in [3.63, 3.8) is 0 Å². The van der Waals surface area contributed by atoms with E-state index in [2.05, 4.69) is 15.3 Å². The molecule has 2 aromatic rings. The quantitative estimate of drug-likeness (QED) is 0.850. The van der Waals surface area contributed by atoms with Crippen LogP contribution in [0.3, 0.4) is 0 Å². The van der Waals surface area contributed by atoms with Gasteiger partial charge in [-0.3, -0.25) is 0 Å². The molecular weight excluding hydrogens is 274 g/mol. The monoisotopic (exact) mass is 291 g/mol. The van der Waals surface area contributed by atoms with Crippen molar-refractivity contribution >= 4 is 17.4 Å². The third kappa shape index (κ3) is 3.61. The van der Waals surface area contributed by atoms with Gasteiger partial charge in [0.1, 0.15) is 22.5 Å². The minimum absolute atomic E-state index is 0.237. The lowest BCUT2D eigenvalue weighted by Crippen LogP contribution is -2.06. The second-order valence-electron chi connectivity index (χ2n) is 4.75. The van der Waals surface area contributed by atoms with E-state index in [1.165, 1.54) is 0 Å². The third-order valence-corrected chi connectivity index (χ3v) is 3.07. The van der Waals surface area contributed by atoms with Crippen LogP contribution in [0, 0.1) is 0 Å². The summed E-state index contributed by atoms with van der Waals surface area (Å²) in [5.74, 6) is 2.55. The summed E-state index contributed by atoms with van der Waals surface area (Å²) in [6.07, 6.45) is 0. The Hall–Kier alpha value is -1.81. The molecule has 106 valence electrons. The van der Waals surface area contributed by atoms with E-state index in [1.807, 2.05) is 38.1 Å². The highest BCUT2D eigenvalue weighted by Gasteiger charge is 2.08. The number of methoxy groups -OCH3 is 1. The zero-order valence-corrected chi connectivity index (χ0v) is 12.6. The van der Waals surface area contributed by atoms with Crippen LogP contribution < -0.4 is 10.1 Å². The van der Waals surface area contributed by atoms with Crippen LogP contribution in [-0.4, -0.2) is 17.1 Å². The maximum absolute atomic E-state index is 6.02. The standard InChI is InChI=1S/C15H18ClN3O/c1-10(2)15-18-13(16)8-14(19-15)17-9-11-6-4-5-7-12(11)20-3/h4-8,10H,9H2,1-3H3,(H,17,18,19). The fourth-order valence-corrected chi connectivity index (χ4v) is 2.01. The number of hydrogen-bond donors (Lipinski definition) is 1. The minimum Gasteiger partial charge on any atom is -0.496 e. The van der Waals surface area contributed by atoms with E-state index in [1.54, 1.807) is 13.2 Å². The molecule has 0 unspecified atom stereocenters. The van der Waals surface area contributed by atoms with Gasteiger partial charge < -0.3 is 10.1 Å². The first-order chi connectivity index (χ1) is 9.60. The Morgan fingerprint density at radius 1 is 1.25 bits per heavy atom. The fourth-order valence-electron chi connectivity index (χ4n) is 1.82. The van der Waals surface area contributed by atoms with Crippen molar-refractivity contribution in [3.8, 4) is 5.75 Å². The van der Waals surface area contributed by atoms with E-state index in [-0.39, 0.29) is 5.92 Å². The van der Waals surface area contributed by atoms with Crippen LogP contribution in [0.4, 0.5) is 5.82 Å². The fraction of sp³-hybridized carbons (Fsp3) is 0.333. The molecule has 0 spiro atoms. The van der Waals surface area contributed by atoms with Crippen LogP contribution in [0.2, 0.25) is 5.15 Å². The molecule has 0 fully saturated rings. The van der Waals surface area contributed by atoms with E-state index < -0.39 is 0 Å². The number of aromatic nitrogens is 2. The Morgan fingerprint density at radius 3 is 2.70 bits per heavy atom. The molecule has 5 heteroatoms. The lowest BCUT2D eigenvalue weighted by Gasteiger charge is -2.11. The van der Waals surface area contributed by atoms with Crippen molar-refractivity contribution < 1.29 is 4.74 Å². The summed E-state index contributed by atoms with van der Waals surface area (Å²) in [5, 5.41) is 3.71. The van der Waals surface area contributed by atoms with Gasteiger partial charge in [-0.25, -0.2) is 9.97 Å². The summed E-state index contributed by atoms with van der Waals surface area (Å²) in [6.45, 7) is 4.69. The summed E-state index contributed by atoms with van der Waals surface area (Å²) in [7, 11) is 1.66. The highest BCUT2D eigenvalue weighted by atomic mass is 35.5. The average Bonchev–Trinajstić information content (AvgIpc) is 2.44. The van der Waals surface area contributed by atoms with Crippen LogP contribution in [0.25, 0.3) is 0 Å². The van der Waals surface area contributed by atoms with Gasteiger partial charge in [0.25, 0.3) is 0 Å². The minimum atomic E-state index is 0.237. The molecule has 0 radical (unpaired) electrons. The third-order valence-electron chi connectivity index (χ3n) is 2.88. The van der Waals surface area contributed by atoms with Crippen molar-refractivity contribution in [2.75, 3.05) is 12.4 Å². The lowest BCUT2D eigenvalue weighted by molar-refractivity contribution is 0.410. The molecule has 1 heterocycles. The van der Waals surface area contributed by atoms with Crippen LogP contribution in [0.15, 0.2) is 30.3 Å². The molecule has 0 bridgehead atoms. The SMILES string of the molecule is COc1ccccc1CNc1cc(Cl)nc(C(C)C)n1. The molecule has 2 rings (SSSR count). The maximum Gasteiger partial charge on any atom is 0.135 e. The number of hydrogen-bond acceptors (Lipinski definition) is 4. The Kier molecular flexibility index (Phi) is 4.79. The molecule has 0 aliphatic heterocycles. The lowest BCUT2D eigenvalue weighted by atomic mass is 10.2. The average molecular weight is 292 g/mol. The van der Waals surface area contributed by atoms with Gasteiger partial charge >= 0.3 is 0 Å². The van der Waals surface area contributed by atoms with E-state index >= 15 is 0 Å². The van der Waals surface area contributed by atoms with Gasteiger partial charge in [0, 0.05) is 24.1 Å². The van der Waals surface area contributed by atoms with Crippen molar-refractivity contribution in [1.29, 1.82) is 0 Å². The van der Waals surface area contributed by atoms with E-state index in [0.29, 0.717) is 11.7 Å². The number of anilines is 1. The molecule has 0 aliphatic carbocycles. The summed E-state index contributed by atoms with van der Waals surface area (Å²) < 4.78 is 5.32. The predicted molar refractivity (Wildman–Crippen MR) is 81.5 cm³/mol. The van der Waals surface area contributed by atoms with Gasteiger partial charge in [0.2, 0.25) is 0 Å². The molecule has 0 atom stereocenters. The predicted octanol–water partition coefficient (Wildman–Crippen LogP) is 3.87. The van der Waals surface area contributed by atoms with E-state index in [4.69, 9.17) is 16.3 Å². The Morgan fingerprint density at radius 2 is 2.00 bits per heavy atom. The number of para-hydroxylation sites is 1. The highest BCUT2D eigenvalue weighted by molar-refractivity contribution is 6.29. The van der Waals surface area contributed by atoms with Gasteiger partial charge in [0.05, 0.1) is 7.11 Å². The second-order valence-corrected chi connectivity index (χ2v) is 5.14. The number of benzene rings is 1. The molecule has 1 N–H and O–H groups in total. The highest BCUT2D eigenvalue weighted by Crippen LogP contribution is 2.20. The van der Waals surface area contributed by atoms with Gasteiger partial charge in [-0.1, -0.05) is 43.6 Å². The Labute approximate surface area is 124 Å². The van der Waals surface area contributed by atoms with Gasteiger partial charge in [-0.2, -0.15) is 0 Å². The molecule has 4 nitrogen and oxygen atoms in total. The molecule has 1 aromatic carbocycles. The summed E-state index contributed by atoms with van der Waals surface area (Å²) in [6, 6.07) is 9.59. The number of halogens is 1. The number of nitrogens with zero attached hydrogens (tertiary/aromatic N) is 2. The van der Waals surface area contributed by atoms with E-state index in [9.17, 15) is 0 Å². The van der Waals surface area contributed by atoms with Crippen LogP contribution in [-0.2, 0) is 6.54 Å². The molecule has 0 aliphatic rings. The molecule has 0 saturated carbocycles. The van der Waals surface area contributed by atoms with Crippen LogP contribution >= 0.6 is 11.6 Å². The van der Waals surface area contributed by atoms with Gasteiger partial charge in [-0.05, 0) is 6.07 Å². The zero-order valence-electron chi connectivity index (χ0n) is 11.9. The maximum atomic E-state index is 6.02. The molecule has 1 aromatic heterocycles. The molecule has 0 amide bonds. The number of ether oxygens (including phenoxy) is 1. The van der Waals surface area contributed by atoms with Gasteiger partial charge in [0.15, 0.2) is 0 Å².